The quantitative estimate of drug-likeness (QED) is 0.867. The van der Waals surface area contributed by atoms with Crippen LogP contribution in [0, 0.1) is 5.92 Å². The molecule has 1 aliphatic carbocycles. The Labute approximate surface area is 160 Å². The minimum Gasteiger partial charge on any atom is -0.378 e. The number of nitrogens with one attached hydrogen (secondary N) is 1. The zero-order valence-corrected chi connectivity index (χ0v) is 15.9. The normalized spacial score (nSPS) is 25.6. The van der Waals surface area contributed by atoms with Gasteiger partial charge in [-0.25, -0.2) is 4.79 Å². The van der Waals surface area contributed by atoms with Gasteiger partial charge in [0.2, 0.25) is 0 Å². The second-order valence-electron chi connectivity index (χ2n) is 7.86. The van der Waals surface area contributed by atoms with Crippen LogP contribution in [0.5, 0.6) is 0 Å². The fourth-order valence-electron chi connectivity index (χ4n) is 4.71. The molecule has 3 amide bonds. The Kier molecular flexibility index (Phi) is 5.62. The van der Waals surface area contributed by atoms with E-state index in [0.717, 1.165) is 25.1 Å². The van der Waals surface area contributed by atoms with E-state index >= 15 is 0 Å². The Morgan fingerprint density at radius 2 is 1.63 bits per heavy atom. The van der Waals surface area contributed by atoms with Crippen molar-refractivity contribution in [3.63, 3.8) is 0 Å². The molecule has 2 aliphatic heterocycles. The van der Waals surface area contributed by atoms with Crippen molar-refractivity contribution in [2.24, 2.45) is 5.92 Å². The third-order valence-corrected chi connectivity index (χ3v) is 6.19. The summed E-state index contributed by atoms with van der Waals surface area (Å²) in [4.78, 5) is 29.2. The van der Waals surface area contributed by atoms with Gasteiger partial charge in [0.1, 0.15) is 0 Å². The van der Waals surface area contributed by atoms with Crippen LogP contribution in [0.4, 0.5) is 10.5 Å². The third-order valence-electron chi connectivity index (χ3n) is 6.19. The molecule has 0 aromatic heterocycles. The van der Waals surface area contributed by atoms with Crippen LogP contribution in [0.1, 0.15) is 48.9 Å². The number of carbonyl (C=O) groups is 2. The first-order valence-corrected chi connectivity index (χ1v) is 10.3. The fraction of sp³-hybridized carbons (Fsp3) is 0.619. The molecule has 4 rings (SSSR count). The van der Waals surface area contributed by atoms with Crippen molar-refractivity contribution in [3.8, 4) is 0 Å². The van der Waals surface area contributed by atoms with E-state index in [0.29, 0.717) is 43.8 Å². The molecule has 1 saturated carbocycles. The van der Waals surface area contributed by atoms with E-state index in [1.54, 1.807) is 4.90 Å². The summed E-state index contributed by atoms with van der Waals surface area (Å²) in [5.41, 5.74) is 1.43. The lowest BCUT2D eigenvalue weighted by atomic mass is 9.78. The summed E-state index contributed by atoms with van der Waals surface area (Å²) < 4.78 is 5.27. The molecule has 3 aliphatic rings. The highest BCUT2D eigenvalue weighted by atomic mass is 16.5. The molecule has 0 spiro atoms. The second kappa shape index (κ2) is 8.30. The molecule has 1 aromatic carbocycles. The molecule has 2 heterocycles. The first-order chi connectivity index (χ1) is 13.2. The van der Waals surface area contributed by atoms with Gasteiger partial charge in [0.25, 0.3) is 5.91 Å². The molecule has 1 N–H and O–H groups in total. The lowest BCUT2D eigenvalue weighted by Gasteiger charge is -2.44. The van der Waals surface area contributed by atoms with Crippen LogP contribution < -0.4 is 5.32 Å². The average molecular weight is 371 g/mol. The highest BCUT2D eigenvalue weighted by molar-refractivity contribution is 5.96. The molecule has 0 radical (unpaired) electrons. The van der Waals surface area contributed by atoms with E-state index in [1.165, 1.54) is 25.7 Å². The highest BCUT2D eigenvalue weighted by Crippen LogP contribution is 2.36. The molecule has 6 heteroatoms. The first kappa shape index (κ1) is 18.3. The number of carbonyl (C=O) groups excluding carboxylic acids is 2. The molecule has 2 atom stereocenters. The molecule has 0 unspecified atom stereocenters. The van der Waals surface area contributed by atoms with Crippen LogP contribution in [-0.4, -0.2) is 60.6 Å². The van der Waals surface area contributed by atoms with E-state index in [1.807, 2.05) is 24.3 Å². The van der Waals surface area contributed by atoms with E-state index < -0.39 is 0 Å². The van der Waals surface area contributed by atoms with Gasteiger partial charge >= 0.3 is 6.03 Å². The third kappa shape index (κ3) is 4.10. The maximum atomic E-state index is 13.1. The highest BCUT2D eigenvalue weighted by Gasteiger charge is 2.35. The van der Waals surface area contributed by atoms with Gasteiger partial charge in [0.05, 0.1) is 13.2 Å². The van der Waals surface area contributed by atoms with Crippen molar-refractivity contribution in [3.05, 3.63) is 29.8 Å². The largest absolute Gasteiger partial charge is 0.378 e. The van der Waals surface area contributed by atoms with Crippen LogP contribution in [0.25, 0.3) is 0 Å². The number of morpholine rings is 1. The molecule has 146 valence electrons. The summed E-state index contributed by atoms with van der Waals surface area (Å²) in [5, 5.41) is 2.91. The number of amides is 3. The Morgan fingerprint density at radius 1 is 0.926 bits per heavy atom. The summed E-state index contributed by atoms with van der Waals surface area (Å²) >= 11 is 0. The van der Waals surface area contributed by atoms with Crippen LogP contribution >= 0.6 is 0 Å². The number of rotatable bonds is 2. The molecule has 3 fully saturated rings. The van der Waals surface area contributed by atoms with Gasteiger partial charge in [0, 0.05) is 36.9 Å². The van der Waals surface area contributed by atoms with Gasteiger partial charge < -0.3 is 19.9 Å². The Morgan fingerprint density at radius 3 is 2.41 bits per heavy atom. The minimum absolute atomic E-state index is 0.113. The smallest absolute Gasteiger partial charge is 0.321 e. The van der Waals surface area contributed by atoms with Gasteiger partial charge in [-0.2, -0.15) is 0 Å². The van der Waals surface area contributed by atoms with Crippen LogP contribution in [0.15, 0.2) is 24.3 Å². The van der Waals surface area contributed by atoms with Crippen molar-refractivity contribution in [2.45, 2.75) is 44.6 Å². The van der Waals surface area contributed by atoms with Gasteiger partial charge in [-0.3, -0.25) is 4.79 Å². The van der Waals surface area contributed by atoms with Gasteiger partial charge in [-0.1, -0.05) is 12.8 Å². The molecule has 27 heavy (non-hydrogen) atoms. The number of likely N-dealkylation sites (tertiary alicyclic amines) is 1. The predicted octanol–water partition coefficient (Wildman–Crippen LogP) is 3.35. The van der Waals surface area contributed by atoms with E-state index in [9.17, 15) is 9.59 Å². The molecule has 0 bridgehead atoms. The zero-order valence-electron chi connectivity index (χ0n) is 15.9. The Hall–Kier alpha value is -2.08. The van der Waals surface area contributed by atoms with Crippen molar-refractivity contribution in [1.82, 2.24) is 9.80 Å². The van der Waals surface area contributed by atoms with E-state index in [4.69, 9.17) is 4.74 Å². The number of nitrogens with zero attached hydrogens (tertiary/aromatic N) is 2. The SMILES string of the molecule is O=C(Nc1ccc(C(=O)N2CCC[C@@H]3CCCC[C@@H]32)cc1)N1CCOCC1. The van der Waals surface area contributed by atoms with Crippen molar-refractivity contribution in [1.29, 1.82) is 0 Å². The fourth-order valence-corrected chi connectivity index (χ4v) is 4.71. The summed E-state index contributed by atoms with van der Waals surface area (Å²) in [6.07, 6.45) is 7.32. The van der Waals surface area contributed by atoms with Crippen LogP contribution in [0.3, 0.4) is 0 Å². The Balaban J connectivity index is 1.39. The maximum Gasteiger partial charge on any atom is 0.321 e. The van der Waals surface area contributed by atoms with Crippen molar-refractivity contribution in [2.75, 3.05) is 38.2 Å². The lowest BCUT2D eigenvalue weighted by molar-refractivity contribution is 0.0390. The maximum absolute atomic E-state index is 13.1. The number of ether oxygens (including phenoxy) is 1. The molecular formula is C21H29N3O3. The molecule has 1 aromatic rings. The minimum atomic E-state index is -0.113. The van der Waals surface area contributed by atoms with Crippen molar-refractivity contribution < 1.29 is 14.3 Å². The van der Waals surface area contributed by atoms with Crippen LogP contribution in [-0.2, 0) is 4.74 Å². The van der Waals surface area contributed by atoms with Crippen LogP contribution in [0.2, 0.25) is 0 Å². The molecule has 2 saturated heterocycles. The lowest BCUT2D eigenvalue weighted by Crippen LogP contribution is -2.49. The second-order valence-corrected chi connectivity index (χ2v) is 7.86. The van der Waals surface area contributed by atoms with Gasteiger partial charge in [0.15, 0.2) is 0 Å². The molecular weight excluding hydrogens is 342 g/mol. The Bertz CT molecular complexity index is 668. The predicted molar refractivity (Wildman–Crippen MR) is 104 cm³/mol. The van der Waals surface area contributed by atoms with Gasteiger partial charge in [-0.15, -0.1) is 0 Å². The van der Waals surface area contributed by atoms with Crippen molar-refractivity contribution >= 4 is 17.6 Å². The number of hydrogen-bond donors (Lipinski definition) is 1. The zero-order chi connectivity index (χ0) is 18.6. The summed E-state index contributed by atoms with van der Waals surface area (Å²) in [5.74, 6) is 0.821. The number of anilines is 1. The van der Waals surface area contributed by atoms with Gasteiger partial charge in [-0.05, 0) is 55.9 Å². The number of hydrogen-bond acceptors (Lipinski definition) is 3. The van der Waals surface area contributed by atoms with E-state index in [2.05, 4.69) is 10.2 Å². The van der Waals surface area contributed by atoms with E-state index in [-0.39, 0.29) is 11.9 Å². The monoisotopic (exact) mass is 371 g/mol. The number of benzene rings is 1. The summed E-state index contributed by atoms with van der Waals surface area (Å²) in [6.45, 7) is 3.26. The number of urea groups is 1. The molecule has 6 nitrogen and oxygen atoms in total. The summed E-state index contributed by atoms with van der Waals surface area (Å²) in [6, 6.07) is 7.63. The standard InChI is InChI=1S/C21H29N3O3/c25-20(24-11-3-5-16-4-1-2-6-19(16)24)17-7-9-18(10-8-17)22-21(26)23-12-14-27-15-13-23/h7-10,16,19H,1-6,11-15H2,(H,22,26)/t16-,19-/m0/s1. The number of piperidine rings is 1. The first-order valence-electron chi connectivity index (χ1n) is 10.3. The summed E-state index contributed by atoms with van der Waals surface area (Å²) in [7, 11) is 0. The average Bonchev–Trinajstić information content (AvgIpc) is 2.74. The topological polar surface area (TPSA) is 61.9 Å². The number of fused-ring (bicyclic) bond motifs is 1.